The van der Waals surface area contributed by atoms with Crippen molar-refractivity contribution in [1.82, 2.24) is 4.90 Å². The van der Waals surface area contributed by atoms with Crippen LogP contribution in [0.1, 0.15) is 42.5 Å². The van der Waals surface area contributed by atoms with Gasteiger partial charge in [0.1, 0.15) is 0 Å². The third-order valence-electron chi connectivity index (χ3n) is 4.57. The lowest BCUT2D eigenvalue weighted by molar-refractivity contribution is 0.0687. The first-order valence-electron chi connectivity index (χ1n) is 7.07. The molecule has 2 aliphatic rings. The van der Waals surface area contributed by atoms with Gasteiger partial charge in [-0.2, -0.15) is 0 Å². The Morgan fingerprint density at radius 1 is 1.26 bits per heavy atom. The van der Waals surface area contributed by atoms with Gasteiger partial charge in [0.05, 0.1) is 11.3 Å². The van der Waals surface area contributed by atoms with Crippen molar-refractivity contribution < 1.29 is 9.90 Å². The van der Waals surface area contributed by atoms with E-state index in [1.807, 2.05) is 4.90 Å². The maximum Gasteiger partial charge on any atom is 0.257 e. The zero-order chi connectivity index (χ0) is 13.4. The van der Waals surface area contributed by atoms with Crippen LogP contribution in [0.4, 0.5) is 5.69 Å². The fourth-order valence-corrected chi connectivity index (χ4v) is 3.55. The quantitative estimate of drug-likeness (QED) is 0.602. The summed E-state index contributed by atoms with van der Waals surface area (Å²) in [6, 6.07) is 5.35. The number of nitrogens with two attached hydrogens (primary N) is 1. The highest BCUT2D eigenvalue weighted by molar-refractivity contribution is 5.98. The number of likely N-dealkylation sites (tertiary alicyclic amines) is 1. The number of hydrogen-bond acceptors (Lipinski definition) is 3. The molecular formula is C15H20N2O2. The number of rotatable bonds is 1. The molecule has 0 aromatic heterocycles. The number of anilines is 1. The number of carbonyl (C=O) groups is 1. The van der Waals surface area contributed by atoms with E-state index in [1.54, 1.807) is 18.2 Å². The largest absolute Gasteiger partial charge is 0.505 e. The lowest BCUT2D eigenvalue weighted by Crippen LogP contribution is -2.39. The zero-order valence-corrected chi connectivity index (χ0v) is 11.0. The minimum Gasteiger partial charge on any atom is -0.505 e. The molecule has 4 heteroatoms. The van der Waals surface area contributed by atoms with E-state index in [0.29, 0.717) is 17.5 Å². The predicted octanol–water partition coefficient (Wildman–Crippen LogP) is 2.38. The van der Waals surface area contributed by atoms with E-state index in [-0.39, 0.29) is 17.3 Å². The maximum atomic E-state index is 12.6. The smallest absolute Gasteiger partial charge is 0.257 e. The van der Waals surface area contributed by atoms with Gasteiger partial charge in [-0.3, -0.25) is 4.79 Å². The summed E-state index contributed by atoms with van der Waals surface area (Å²) in [6.45, 7) is 0.808. The van der Waals surface area contributed by atoms with Crippen LogP contribution in [0.25, 0.3) is 0 Å². The number of carbonyl (C=O) groups excluding carboxylic acids is 1. The summed E-state index contributed by atoms with van der Waals surface area (Å²) in [5, 5.41) is 9.95. The Balaban J connectivity index is 1.86. The molecule has 0 spiro atoms. The molecule has 102 valence electrons. The molecule has 19 heavy (non-hydrogen) atoms. The summed E-state index contributed by atoms with van der Waals surface area (Å²) in [7, 11) is 0. The van der Waals surface area contributed by atoms with Crippen molar-refractivity contribution in [3.8, 4) is 5.75 Å². The molecule has 1 aromatic rings. The highest BCUT2D eigenvalue weighted by Crippen LogP contribution is 2.38. The lowest BCUT2D eigenvalue weighted by atomic mass is 9.85. The van der Waals surface area contributed by atoms with E-state index in [9.17, 15) is 9.90 Å². The summed E-state index contributed by atoms with van der Waals surface area (Å²) < 4.78 is 0. The second-order valence-corrected chi connectivity index (χ2v) is 5.64. The average Bonchev–Trinajstić information content (AvgIpc) is 2.85. The van der Waals surface area contributed by atoms with Crippen LogP contribution in [0, 0.1) is 5.92 Å². The van der Waals surface area contributed by atoms with Crippen LogP contribution < -0.4 is 5.73 Å². The van der Waals surface area contributed by atoms with Crippen LogP contribution >= 0.6 is 0 Å². The number of nitrogens with zero attached hydrogens (tertiary/aromatic N) is 1. The molecule has 3 N–H and O–H groups in total. The number of phenolic OH excluding ortho intramolecular Hbond substituents is 1. The van der Waals surface area contributed by atoms with E-state index >= 15 is 0 Å². The van der Waals surface area contributed by atoms with Crippen molar-refractivity contribution in [2.45, 2.75) is 38.1 Å². The van der Waals surface area contributed by atoms with E-state index in [4.69, 9.17) is 5.73 Å². The van der Waals surface area contributed by atoms with Gasteiger partial charge in [-0.25, -0.2) is 0 Å². The van der Waals surface area contributed by atoms with Gasteiger partial charge in [-0.15, -0.1) is 0 Å². The fraction of sp³-hybridized carbons (Fsp3) is 0.533. The predicted molar refractivity (Wildman–Crippen MR) is 73.9 cm³/mol. The van der Waals surface area contributed by atoms with Gasteiger partial charge in [0.2, 0.25) is 0 Å². The summed E-state index contributed by atoms with van der Waals surface area (Å²) in [4.78, 5) is 14.5. The van der Waals surface area contributed by atoms with Crippen molar-refractivity contribution in [2.24, 2.45) is 5.92 Å². The van der Waals surface area contributed by atoms with Gasteiger partial charge < -0.3 is 15.7 Å². The van der Waals surface area contributed by atoms with E-state index < -0.39 is 0 Å². The van der Waals surface area contributed by atoms with E-state index in [2.05, 4.69) is 0 Å². The Labute approximate surface area is 113 Å². The molecule has 1 aliphatic carbocycles. The highest BCUT2D eigenvalue weighted by Gasteiger charge is 2.38. The number of fused-ring (bicyclic) bond motifs is 1. The first-order chi connectivity index (χ1) is 9.18. The molecule has 1 aromatic carbocycles. The van der Waals surface area contributed by atoms with Crippen molar-refractivity contribution in [3.63, 3.8) is 0 Å². The topological polar surface area (TPSA) is 66.6 Å². The molecule has 1 saturated carbocycles. The van der Waals surface area contributed by atoms with Crippen molar-refractivity contribution in [3.05, 3.63) is 23.8 Å². The van der Waals surface area contributed by atoms with Crippen LogP contribution in [-0.2, 0) is 0 Å². The Morgan fingerprint density at radius 2 is 2.05 bits per heavy atom. The Hall–Kier alpha value is -1.71. The van der Waals surface area contributed by atoms with Crippen LogP contribution in [0.5, 0.6) is 5.75 Å². The van der Waals surface area contributed by atoms with Crippen LogP contribution in [0.3, 0.4) is 0 Å². The normalized spacial score (nSPS) is 26.2. The number of amides is 1. The lowest BCUT2D eigenvalue weighted by Gasteiger charge is -2.31. The molecule has 1 saturated heterocycles. The molecule has 0 radical (unpaired) electrons. The Bertz CT molecular complexity index is 501. The number of phenols is 1. The van der Waals surface area contributed by atoms with E-state index in [0.717, 1.165) is 19.4 Å². The van der Waals surface area contributed by atoms with Crippen molar-refractivity contribution in [2.75, 3.05) is 12.3 Å². The maximum absolute atomic E-state index is 12.6. The molecule has 1 aliphatic heterocycles. The third kappa shape index (κ3) is 2.05. The molecule has 3 rings (SSSR count). The van der Waals surface area contributed by atoms with Crippen molar-refractivity contribution in [1.29, 1.82) is 0 Å². The minimum atomic E-state index is -0.0771. The molecular weight excluding hydrogens is 240 g/mol. The Kier molecular flexibility index (Phi) is 3.09. The minimum absolute atomic E-state index is 0.0702. The molecule has 4 nitrogen and oxygen atoms in total. The van der Waals surface area contributed by atoms with Gasteiger partial charge in [0, 0.05) is 12.6 Å². The number of benzene rings is 1. The first-order valence-corrected chi connectivity index (χ1v) is 7.07. The molecule has 2 unspecified atom stereocenters. The summed E-state index contributed by atoms with van der Waals surface area (Å²) in [6.07, 6.45) is 5.91. The second kappa shape index (κ2) is 4.76. The average molecular weight is 260 g/mol. The highest BCUT2D eigenvalue weighted by atomic mass is 16.3. The monoisotopic (exact) mass is 260 g/mol. The molecule has 1 heterocycles. The third-order valence-corrected chi connectivity index (χ3v) is 4.57. The molecule has 2 atom stereocenters. The van der Waals surface area contributed by atoms with Crippen LogP contribution in [0.2, 0.25) is 0 Å². The van der Waals surface area contributed by atoms with Gasteiger partial charge in [0.25, 0.3) is 5.91 Å². The van der Waals surface area contributed by atoms with Crippen molar-refractivity contribution >= 4 is 11.6 Å². The van der Waals surface area contributed by atoms with Gasteiger partial charge in [-0.05, 0) is 37.3 Å². The molecule has 1 amide bonds. The summed E-state index contributed by atoms with van der Waals surface area (Å²) in [5.41, 5.74) is 6.28. The number of para-hydroxylation sites is 1. The number of nitrogen functional groups attached to an aromatic ring is 1. The van der Waals surface area contributed by atoms with Gasteiger partial charge in [-0.1, -0.05) is 18.9 Å². The fourth-order valence-electron chi connectivity index (χ4n) is 3.55. The van der Waals surface area contributed by atoms with Crippen LogP contribution in [0.15, 0.2) is 18.2 Å². The Morgan fingerprint density at radius 3 is 2.89 bits per heavy atom. The second-order valence-electron chi connectivity index (χ2n) is 5.64. The number of hydrogen-bond donors (Lipinski definition) is 2. The summed E-state index contributed by atoms with van der Waals surface area (Å²) >= 11 is 0. The van der Waals surface area contributed by atoms with Gasteiger partial charge in [0.15, 0.2) is 5.75 Å². The SMILES string of the molecule is Nc1cccc(C(=O)N2CCC3CCCCC32)c1O. The van der Waals surface area contributed by atoms with Crippen LogP contribution in [-0.4, -0.2) is 28.5 Å². The zero-order valence-electron chi connectivity index (χ0n) is 11.0. The van der Waals surface area contributed by atoms with E-state index in [1.165, 1.54) is 19.3 Å². The molecule has 2 fully saturated rings. The molecule has 0 bridgehead atoms. The van der Waals surface area contributed by atoms with Gasteiger partial charge >= 0.3 is 0 Å². The first kappa shape index (κ1) is 12.3. The standard InChI is InChI=1S/C15H20N2O2/c16-12-6-3-5-11(14(12)18)15(19)17-9-8-10-4-1-2-7-13(10)17/h3,5-6,10,13,18H,1-2,4,7-9,16H2. The summed E-state index contributed by atoms with van der Waals surface area (Å²) in [5.74, 6) is 0.506. The number of aromatic hydroxyl groups is 1.